The highest BCUT2D eigenvalue weighted by atomic mass is 16.5. The molecule has 1 aromatic heterocycles. The third kappa shape index (κ3) is 1.96. The Labute approximate surface area is 71.2 Å². The molecule has 1 heterocycles. The lowest BCUT2D eigenvalue weighted by atomic mass is 9.97. The van der Waals surface area contributed by atoms with Crippen LogP contribution in [0.15, 0.2) is 9.32 Å². The summed E-state index contributed by atoms with van der Waals surface area (Å²) >= 11 is 0. The molecule has 0 amide bonds. The Bertz CT molecular complexity index is 317. The molecule has 4 heteroatoms. The van der Waals surface area contributed by atoms with Crippen molar-refractivity contribution >= 4 is 0 Å². The van der Waals surface area contributed by atoms with Crippen molar-refractivity contribution in [1.29, 1.82) is 0 Å². The van der Waals surface area contributed by atoms with Crippen molar-refractivity contribution in [2.75, 3.05) is 0 Å². The van der Waals surface area contributed by atoms with Crippen LogP contribution in [0.4, 0.5) is 0 Å². The second-order valence-corrected chi connectivity index (χ2v) is 4.14. The van der Waals surface area contributed by atoms with Gasteiger partial charge in [0.15, 0.2) is 5.82 Å². The van der Waals surface area contributed by atoms with E-state index < -0.39 is 0 Å². The van der Waals surface area contributed by atoms with Gasteiger partial charge in [-0.05, 0) is 12.3 Å². The molecule has 0 N–H and O–H groups in total. The van der Waals surface area contributed by atoms with Crippen LogP contribution in [0, 0.1) is 12.3 Å². The molecule has 0 radical (unpaired) electrons. The third-order valence-corrected chi connectivity index (χ3v) is 1.50. The van der Waals surface area contributed by atoms with Gasteiger partial charge in [-0.2, -0.15) is 0 Å². The lowest BCUT2D eigenvalue weighted by Crippen LogP contribution is -2.24. The van der Waals surface area contributed by atoms with Gasteiger partial charge in [0.2, 0.25) is 0 Å². The number of rotatable bonds is 1. The van der Waals surface area contributed by atoms with Gasteiger partial charge in [0, 0.05) is 6.54 Å². The first kappa shape index (κ1) is 9.03. The molecular weight excluding hydrogens is 156 g/mol. The lowest BCUT2D eigenvalue weighted by Gasteiger charge is -2.17. The normalized spacial score (nSPS) is 12.0. The average molecular weight is 170 g/mol. The third-order valence-electron chi connectivity index (χ3n) is 1.50. The maximum atomic E-state index is 11.1. The second kappa shape index (κ2) is 2.77. The van der Waals surface area contributed by atoms with Crippen molar-refractivity contribution in [2.45, 2.75) is 34.2 Å². The van der Waals surface area contributed by atoms with E-state index in [9.17, 15) is 4.79 Å². The summed E-state index contributed by atoms with van der Waals surface area (Å²) < 4.78 is 6.04. The summed E-state index contributed by atoms with van der Waals surface area (Å²) in [6, 6.07) is 0. The Kier molecular flexibility index (Phi) is 2.08. The van der Waals surface area contributed by atoms with E-state index in [2.05, 4.69) is 30.5 Å². The van der Waals surface area contributed by atoms with Crippen LogP contribution >= 0.6 is 0 Å². The minimum atomic E-state index is -0.373. The monoisotopic (exact) mass is 170 g/mol. The summed E-state index contributed by atoms with van der Waals surface area (Å²) in [5.74, 6) is 0.261. The van der Waals surface area contributed by atoms with Crippen LogP contribution in [0.3, 0.4) is 0 Å². The van der Waals surface area contributed by atoms with Gasteiger partial charge < -0.3 is 0 Å². The van der Waals surface area contributed by atoms with Crippen molar-refractivity contribution in [3.05, 3.63) is 16.4 Å². The van der Waals surface area contributed by atoms with Gasteiger partial charge in [0.1, 0.15) is 0 Å². The average Bonchev–Trinajstić information content (AvgIpc) is 2.16. The van der Waals surface area contributed by atoms with E-state index in [4.69, 9.17) is 0 Å². The Hall–Kier alpha value is -1.06. The molecule has 0 aliphatic heterocycles. The molecule has 68 valence electrons. The summed E-state index contributed by atoms with van der Waals surface area (Å²) in [6.45, 7) is 8.58. The zero-order valence-corrected chi connectivity index (χ0v) is 7.92. The van der Waals surface area contributed by atoms with Crippen LogP contribution < -0.4 is 5.76 Å². The largest absolute Gasteiger partial charge is 0.441 e. The van der Waals surface area contributed by atoms with Gasteiger partial charge >= 0.3 is 5.76 Å². The van der Waals surface area contributed by atoms with E-state index in [1.807, 2.05) is 0 Å². The van der Waals surface area contributed by atoms with E-state index in [0.29, 0.717) is 12.4 Å². The molecule has 0 aliphatic rings. The molecule has 12 heavy (non-hydrogen) atoms. The predicted octanol–water partition coefficient (Wildman–Crippen LogP) is 1.19. The van der Waals surface area contributed by atoms with Gasteiger partial charge in [-0.3, -0.25) is 9.09 Å². The molecule has 1 aromatic rings. The van der Waals surface area contributed by atoms with Crippen molar-refractivity contribution in [3.63, 3.8) is 0 Å². The maximum Gasteiger partial charge on any atom is 0.441 e. The molecule has 0 saturated carbocycles. The van der Waals surface area contributed by atoms with Crippen molar-refractivity contribution in [2.24, 2.45) is 5.41 Å². The zero-order valence-electron chi connectivity index (χ0n) is 7.92. The number of hydrogen-bond donors (Lipinski definition) is 0. The fourth-order valence-electron chi connectivity index (χ4n) is 0.989. The molecule has 0 atom stereocenters. The molecule has 4 nitrogen and oxygen atoms in total. The smallest absolute Gasteiger partial charge is 0.296 e. The van der Waals surface area contributed by atoms with Crippen LogP contribution in [0.5, 0.6) is 0 Å². The highest BCUT2D eigenvalue weighted by Gasteiger charge is 2.15. The van der Waals surface area contributed by atoms with Crippen molar-refractivity contribution < 1.29 is 4.52 Å². The Morgan fingerprint density at radius 3 is 2.42 bits per heavy atom. The Morgan fingerprint density at radius 1 is 1.50 bits per heavy atom. The van der Waals surface area contributed by atoms with E-state index >= 15 is 0 Å². The van der Waals surface area contributed by atoms with Crippen LogP contribution in [0.25, 0.3) is 0 Å². The number of aromatic nitrogens is 2. The quantitative estimate of drug-likeness (QED) is 0.636. The fourth-order valence-corrected chi connectivity index (χ4v) is 0.989. The molecule has 1 rings (SSSR count). The topological polar surface area (TPSA) is 48.0 Å². The molecule has 0 bridgehead atoms. The second-order valence-electron chi connectivity index (χ2n) is 4.14. The molecular formula is C8H14N2O2. The van der Waals surface area contributed by atoms with Gasteiger partial charge in [-0.15, -0.1) is 0 Å². The minimum absolute atomic E-state index is 0.0696. The number of aryl methyl sites for hydroxylation is 1. The Balaban J connectivity index is 2.96. The first-order valence-electron chi connectivity index (χ1n) is 3.93. The van der Waals surface area contributed by atoms with E-state index in [0.717, 1.165) is 0 Å². The molecule has 0 aliphatic carbocycles. The summed E-state index contributed by atoms with van der Waals surface area (Å²) in [7, 11) is 0. The molecule has 0 spiro atoms. The van der Waals surface area contributed by atoms with Crippen LogP contribution in [0.1, 0.15) is 26.6 Å². The summed E-state index contributed by atoms with van der Waals surface area (Å²) in [4.78, 5) is 11.1. The first-order valence-corrected chi connectivity index (χ1v) is 3.93. The zero-order chi connectivity index (χ0) is 9.35. The summed E-state index contributed by atoms with van der Waals surface area (Å²) in [5.41, 5.74) is 0.0696. The number of hydrogen-bond acceptors (Lipinski definition) is 3. The van der Waals surface area contributed by atoms with Crippen LogP contribution in [-0.2, 0) is 6.54 Å². The van der Waals surface area contributed by atoms with Crippen molar-refractivity contribution in [3.8, 4) is 0 Å². The standard InChI is InChI=1S/C8H14N2O2/c1-6-9-12-7(11)10(6)5-8(2,3)4/h5H2,1-4H3. The lowest BCUT2D eigenvalue weighted by molar-refractivity contribution is 0.316. The SMILES string of the molecule is Cc1noc(=O)n1CC(C)(C)C. The van der Waals surface area contributed by atoms with E-state index in [-0.39, 0.29) is 11.2 Å². The van der Waals surface area contributed by atoms with E-state index in [1.165, 1.54) is 0 Å². The van der Waals surface area contributed by atoms with Crippen LogP contribution in [-0.4, -0.2) is 9.72 Å². The van der Waals surface area contributed by atoms with Gasteiger partial charge in [-0.25, -0.2) is 4.79 Å². The predicted molar refractivity (Wildman–Crippen MR) is 45.0 cm³/mol. The van der Waals surface area contributed by atoms with Crippen molar-refractivity contribution in [1.82, 2.24) is 9.72 Å². The van der Waals surface area contributed by atoms with E-state index in [1.54, 1.807) is 11.5 Å². The highest BCUT2D eigenvalue weighted by molar-refractivity contribution is 4.80. The number of nitrogens with zero attached hydrogens (tertiary/aromatic N) is 2. The van der Waals surface area contributed by atoms with Gasteiger partial charge in [0.25, 0.3) is 0 Å². The first-order chi connectivity index (χ1) is 5.40. The molecule has 0 fully saturated rings. The molecule has 0 unspecified atom stereocenters. The Morgan fingerprint density at radius 2 is 2.08 bits per heavy atom. The molecule has 0 saturated heterocycles. The molecule has 0 aromatic carbocycles. The fraction of sp³-hybridized carbons (Fsp3) is 0.750. The summed E-state index contributed by atoms with van der Waals surface area (Å²) in [6.07, 6.45) is 0. The van der Waals surface area contributed by atoms with Gasteiger partial charge in [0.05, 0.1) is 0 Å². The maximum absolute atomic E-state index is 11.1. The highest BCUT2D eigenvalue weighted by Crippen LogP contribution is 2.15. The summed E-state index contributed by atoms with van der Waals surface area (Å²) in [5, 5.41) is 3.58. The van der Waals surface area contributed by atoms with Gasteiger partial charge in [-0.1, -0.05) is 25.9 Å². The minimum Gasteiger partial charge on any atom is -0.296 e. The van der Waals surface area contributed by atoms with Crippen LogP contribution in [0.2, 0.25) is 0 Å².